The molecule has 1 saturated heterocycles. The van der Waals surface area contributed by atoms with Gasteiger partial charge in [0.25, 0.3) is 5.91 Å². The third kappa shape index (κ3) is 3.76. The number of anilines is 1. The van der Waals surface area contributed by atoms with Crippen LogP contribution in [0.5, 0.6) is 0 Å². The van der Waals surface area contributed by atoms with Crippen molar-refractivity contribution < 1.29 is 13.2 Å². The molecule has 1 aliphatic rings. The number of amides is 1. The summed E-state index contributed by atoms with van der Waals surface area (Å²) in [4.78, 5) is 12.9. The Labute approximate surface area is 168 Å². The third-order valence-electron chi connectivity index (χ3n) is 4.95. The first kappa shape index (κ1) is 19.2. The number of aromatic nitrogens is 4. The quantitative estimate of drug-likeness (QED) is 0.686. The van der Waals surface area contributed by atoms with E-state index in [4.69, 9.17) is 0 Å². The maximum absolute atomic E-state index is 12.8. The van der Waals surface area contributed by atoms with Gasteiger partial charge in [0.2, 0.25) is 10.0 Å². The van der Waals surface area contributed by atoms with E-state index in [-0.39, 0.29) is 16.4 Å². The average Bonchev–Trinajstić information content (AvgIpc) is 3.44. The standard InChI is InChI=1S/C19H20N6O3S/c1-14-17(8-5-9-18(14)25-13-20-22-23-25)21-19(26)15-6-4-7-16(12-15)29(27,28)24-10-2-3-11-24/h4-9,12-13H,2-3,10-11H2,1H3,(H,21,26). The monoisotopic (exact) mass is 412 g/mol. The molecule has 1 fully saturated rings. The van der Waals surface area contributed by atoms with E-state index in [2.05, 4.69) is 20.8 Å². The molecular formula is C19H20N6O3S. The molecule has 1 N–H and O–H groups in total. The second-order valence-electron chi connectivity index (χ2n) is 6.80. The van der Waals surface area contributed by atoms with Crippen LogP contribution < -0.4 is 5.32 Å². The fourth-order valence-corrected chi connectivity index (χ4v) is 4.91. The van der Waals surface area contributed by atoms with Crippen molar-refractivity contribution in [2.45, 2.75) is 24.7 Å². The molecule has 0 bridgehead atoms. The van der Waals surface area contributed by atoms with E-state index in [0.717, 1.165) is 24.1 Å². The van der Waals surface area contributed by atoms with Gasteiger partial charge in [-0.2, -0.15) is 4.31 Å². The van der Waals surface area contributed by atoms with Crippen molar-refractivity contribution in [2.24, 2.45) is 0 Å². The summed E-state index contributed by atoms with van der Waals surface area (Å²) >= 11 is 0. The first-order chi connectivity index (χ1) is 14.0. The zero-order valence-electron chi connectivity index (χ0n) is 15.8. The van der Waals surface area contributed by atoms with Crippen molar-refractivity contribution in [1.82, 2.24) is 24.5 Å². The SMILES string of the molecule is Cc1c(NC(=O)c2cccc(S(=O)(=O)N3CCCC3)c2)cccc1-n1cnnn1. The van der Waals surface area contributed by atoms with Crippen molar-refractivity contribution in [1.29, 1.82) is 0 Å². The van der Waals surface area contributed by atoms with Crippen molar-refractivity contribution in [3.8, 4) is 5.69 Å². The van der Waals surface area contributed by atoms with Gasteiger partial charge < -0.3 is 5.32 Å². The molecule has 10 heteroatoms. The summed E-state index contributed by atoms with van der Waals surface area (Å²) in [6.07, 6.45) is 3.19. The molecule has 9 nitrogen and oxygen atoms in total. The Morgan fingerprint density at radius 3 is 2.59 bits per heavy atom. The minimum atomic E-state index is -3.58. The highest BCUT2D eigenvalue weighted by Crippen LogP contribution is 2.24. The Hall–Kier alpha value is -3.11. The summed E-state index contributed by atoms with van der Waals surface area (Å²) in [6, 6.07) is 11.5. The second kappa shape index (κ2) is 7.72. The van der Waals surface area contributed by atoms with E-state index < -0.39 is 10.0 Å². The van der Waals surface area contributed by atoms with E-state index in [9.17, 15) is 13.2 Å². The normalized spacial score (nSPS) is 14.8. The van der Waals surface area contributed by atoms with Gasteiger partial charge in [-0.15, -0.1) is 5.10 Å². The number of hydrogen-bond donors (Lipinski definition) is 1. The topological polar surface area (TPSA) is 110 Å². The lowest BCUT2D eigenvalue weighted by Crippen LogP contribution is -2.28. The van der Waals surface area contributed by atoms with Gasteiger partial charge in [-0.25, -0.2) is 13.1 Å². The van der Waals surface area contributed by atoms with E-state index in [1.807, 2.05) is 13.0 Å². The second-order valence-corrected chi connectivity index (χ2v) is 8.74. The van der Waals surface area contributed by atoms with Gasteiger partial charge in [-0.05, 0) is 66.1 Å². The summed E-state index contributed by atoms with van der Waals surface area (Å²) in [7, 11) is -3.58. The molecule has 1 aromatic heterocycles. The molecule has 1 amide bonds. The predicted molar refractivity (Wildman–Crippen MR) is 106 cm³/mol. The van der Waals surface area contributed by atoms with Gasteiger partial charge in [0, 0.05) is 24.3 Å². The molecule has 0 spiro atoms. The highest BCUT2D eigenvalue weighted by Gasteiger charge is 2.27. The lowest BCUT2D eigenvalue weighted by Gasteiger charge is -2.16. The highest BCUT2D eigenvalue weighted by atomic mass is 32.2. The van der Waals surface area contributed by atoms with Gasteiger partial charge in [0.1, 0.15) is 6.33 Å². The van der Waals surface area contributed by atoms with E-state index in [1.165, 1.54) is 27.4 Å². The third-order valence-corrected chi connectivity index (χ3v) is 6.84. The van der Waals surface area contributed by atoms with Crippen molar-refractivity contribution in [3.05, 3.63) is 59.9 Å². The minimum absolute atomic E-state index is 0.131. The molecule has 3 aromatic rings. The maximum atomic E-state index is 12.8. The van der Waals surface area contributed by atoms with Crippen LogP contribution in [0.3, 0.4) is 0 Å². The number of carbonyl (C=O) groups excluding carboxylic acids is 1. The van der Waals surface area contributed by atoms with Gasteiger partial charge in [0.05, 0.1) is 10.6 Å². The molecule has 29 heavy (non-hydrogen) atoms. The van der Waals surface area contributed by atoms with E-state index >= 15 is 0 Å². The largest absolute Gasteiger partial charge is 0.322 e. The summed E-state index contributed by atoms with van der Waals surface area (Å²) in [5.74, 6) is -0.388. The molecule has 4 rings (SSSR count). The Bertz CT molecular complexity index is 1140. The number of carbonyl (C=O) groups is 1. The van der Waals surface area contributed by atoms with Gasteiger partial charge in [-0.3, -0.25) is 4.79 Å². The first-order valence-corrected chi connectivity index (χ1v) is 10.7. The lowest BCUT2D eigenvalue weighted by atomic mass is 10.1. The molecule has 0 radical (unpaired) electrons. The van der Waals surface area contributed by atoms with Crippen molar-refractivity contribution in [3.63, 3.8) is 0 Å². The number of benzene rings is 2. The van der Waals surface area contributed by atoms with Crippen LogP contribution in [0, 0.1) is 6.92 Å². The van der Waals surface area contributed by atoms with Crippen LogP contribution in [0.15, 0.2) is 53.7 Å². The van der Waals surface area contributed by atoms with Crippen LogP contribution in [0.2, 0.25) is 0 Å². The van der Waals surface area contributed by atoms with Gasteiger partial charge in [0.15, 0.2) is 0 Å². The van der Waals surface area contributed by atoms with Crippen molar-refractivity contribution >= 4 is 21.6 Å². The Kier molecular flexibility index (Phi) is 5.12. The molecule has 2 heterocycles. The Morgan fingerprint density at radius 2 is 1.86 bits per heavy atom. The summed E-state index contributed by atoms with van der Waals surface area (Å²) in [6.45, 7) is 2.88. The zero-order chi connectivity index (χ0) is 20.4. The van der Waals surface area contributed by atoms with Crippen LogP contribution >= 0.6 is 0 Å². The molecule has 0 saturated carbocycles. The number of sulfonamides is 1. The Morgan fingerprint density at radius 1 is 1.10 bits per heavy atom. The van der Waals surface area contributed by atoms with E-state index in [1.54, 1.807) is 24.3 Å². The highest BCUT2D eigenvalue weighted by molar-refractivity contribution is 7.89. The molecule has 150 valence electrons. The fourth-order valence-electron chi connectivity index (χ4n) is 3.35. The number of tetrazole rings is 1. The molecule has 1 aliphatic heterocycles. The summed E-state index contributed by atoms with van der Waals surface area (Å²) < 4.78 is 28.5. The minimum Gasteiger partial charge on any atom is -0.322 e. The van der Waals surface area contributed by atoms with E-state index in [0.29, 0.717) is 18.8 Å². The van der Waals surface area contributed by atoms with Crippen LogP contribution in [0.1, 0.15) is 28.8 Å². The first-order valence-electron chi connectivity index (χ1n) is 9.21. The molecular weight excluding hydrogens is 392 g/mol. The van der Waals surface area contributed by atoms with Gasteiger partial charge in [-0.1, -0.05) is 12.1 Å². The lowest BCUT2D eigenvalue weighted by molar-refractivity contribution is 0.102. The number of hydrogen-bond acceptors (Lipinski definition) is 6. The zero-order valence-corrected chi connectivity index (χ0v) is 16.6. The van der Waals surface area contributed by atoms with Crippen LogP contribution in [0.25, 0.3) is 5.69 Å². The number of nitrogens with one attached hydrogen (secondary N) is 1. The fraction of sp³-hybridized carbons (Fsp3) is 0.263. The number of nitrogens with zero attached hydrogens (tertiary/aromatic N) is 5. The van der Waals surface area contributed by atoms with Gasteiger partial charge >= 0.3 is 0 Å². The van der Waals surface area contributed by atoms with Crippen LogP contribution in [-0.2, 0) is 10.0 Å². The smallest absolute Gasteiger partial charge is 0.255 e. The summed E-state index contributed by atoms with van der Waals surface area (Å²) in [5, 5.41) is 14.0. The summed E-state index contributed by atoms with van der Waals surface area (Å²) in [5.41, 5.74) is 2.39. The molecule has 0 unspecified atom stereocenters. The molecule has 0 aliphatic carbocycles. The average molecular weight is 412 g/mol. The predicted octanol–water partition coefficient (Wildman–Crippen LogP) is 2.01. The molecule has 2 aromatic carbocycles. The number of rotatable bonds is 5. The van der Waals surface area contributed by atoms with Crippen LogP contribution in [-0.4, -0.2) is 51.9 Å². The molecule has 0 atom stereocenters. The van der Waals surface area contributed by atoms with Crippen molar-refractivity contribution in [2.75, 3.05) is 18.4 Å². The van der Waals surface area contributed by atoms with Crippen LogP contribution in [0.4, 0.5) is 5.69 Å². The maximum Gasteiger partial charge on any atom is 0.255 e. The Balaban J connectivity index is 1.59.